The third kappa shape index (κ3) is 4.46. The smallest absolute Gasteiger partial charge is 0.194 e. The lowest BCUT2D eigenvalue weighted by Gasteiger charge is -2.35. The maximum absolute atomic E-state index is 5.91. The molecule has 0 saturated carbocycles. The van der Waals surface area contributed by atoms with Crippen LogP contribution in [-0.4, -0.2) is 79.4 Å². The van der Waals surface area contributed by atoms with Gasteiger partial charge in [-0.3, -0.25) is 9.67 Å². The number of nitrogens with one attached hydrogen (secondary N) is 1. The van der Waals surface area contributed by atoms with Crippen LogP contribution in [0.2, 0.25) is 0 Å². The zero-order chi connectivity index (χ0) is 16.8. The number of aromatic nitrogens is 2. The van der Waals surface area contributed by atoms with Crippen LogP contribution in [0.3, 0.4) is 0 Å². The van der Waals surface area contributed by atoms with Gasteiger partial charge in [0.25, 0.3) is 0 Å². The lowest BCUT2D eigenvalue weighted by molar-refractivity contribution is -0.0834. The number of aliphatic imine (C=N–C) groups is 1. The number of hydrogen-bond donors (Lipinski definition) is 1. The third-order valence-corrected chi connectivity index (χ3v) is 4.13. The molecule has 2 aliphatic heterocycles. The summed E-state index contributed by atoms with van der Waals surface area (Å²) in [4.78, 5) is 6.99. The highest BCUT2D eigenvalue weighted by atomic mass is 16.6. The normalized spacial score (nSPS) is 25.8. The second-order valence-corrected chi connectivity index (χ2v) is 6.02. The maximum Gasteiger partial charge on any atom is 0.194 e. The molecule has 3 rings (SSSR count). The van der Waals surface area contributed by atoms with E-state index in [0.29, 0.717) is 33.0 Å². The van der Waals surface area contributed by atoms with Crippen LogP contribution in [0.4, 0.5) is 0 Å². The highest BCUT2D eigenvalue weighted by molar-refractivity contribution is 5.80. The van der Waals surface area contributed by atoms with Gasteiger partial charge in [0.1, 0.15) is 12.2 Å². The molecule has 8 nitrogen and oxygen atoms in total. The topological polar surface area (TPSA) is 73.1 Å². The Balaban J connectivity index is 1.63. The molecular weight excluding hydrogens is 310 g/mol. The Bertz CT molecular complexity index is 542. The summed E-state index contributed by atoms with van der Waals surface area (Å²) in [7, 11) is 1.92. The van der Waals surface area contributed by atoms with Crippen molar-refractivity contribution in [3.63, 3.8) is 0 Å². The molecule has 0 amide bonds. The Labute approximate surface area is 142 Å². The lowest BCUT2D eigenvalue weighted by atomic mass is 10.1. The first-order valence-corrected chi connectivity index (χ1v) is 8.59. The molecule has 0 spiro atoms. The molecule has 0 aliphatic carbocycles. The average molecular weight is 337 g/mol. The van der Waals surface area contributed by atoms with Crippen molar-refractivity contribution in [1.82, 2.24) is 20.0 Å². The molecule has 24 heavy (non-hydrogen) atoms. The molecule has 2 unspecified atom stereocenters. The third-order valence-electron chi connectivity index (χ3n) is 4.13. The lowest BCUT2D eigenvalue weighted by Crippen LogP contribution is -2.48. The molecule has 2 aliphatic rings. The Hall–Kier alpha value is -1.64. The molecule has 1 N–H and O–H groups in total. The summed E-state index contributed by atoms with van der Waals surface area (Å²) < 4.78 is 18.8. The van der Waals surface area contributed by atoms with E-state index < -0.39 is 0 Å². The first-order chi connectivity index (χ1) is 11.8. The molecular formula is C16H27N5O3. The van der Waals surface area contributed by atoms with E-state index in [1.165, 1.54) is 0 Å². The Morgan fingerprint density at radius 2 is 2.29 bits per heavy atom. The van der Waals surface area contributed by atoms with Crippen LogP contribution < -0.4 is 5.32 Å². The second kappa shape index (κ2) is 8.46. The van der Waals surface area contributed by atoms with Crippen molar-refractivity contribution < 1.29 is 14.2 Å². The van der Waals surface area contributed by atoms with Crippen molar-refractivity contribution in [2.24, 2.45) is 12.0 Å². The molecule has 0 radical (unpaired) electrons. The molecule has 0 bridgehead atoms. The minimum Gasteiger partial charge on any atom is -0.376 e. The van der Waals surface area contributed by atoms with Crippen molar-refractivity contribution in [2.75, 3.05) is 52.6 Å². The maximum atomic E-state index is 5.91. The molecule has 0 aromatic carbocycles. The van der Waals surface area contributed by atoms with Crippen molar-refractivity contribution >= 4 is 5.96 Å². The van der Waals surface area contributed by atoms with Crippen LogP contribution in [0.25, 0.3) is 0 Å². The highest BCUT2D eigenvalue weighted by Gasteiger charge is 2.25. The van der Waals surface area contributed by atoms with E-state index in [4.69, 9.17) is 19.2 Å². The molecule has 134 valence electrons. The fourth-order valence-corrected chi connectivity index (χ4v) is 2.91. The van der Waals surface area contributed by atoms with Gasteiger partial charge in [0, 0.05) is 31.9 Å². The molecule has 1 aromatic heterocycles. The molecule has 2 saturated heterocycles. The number of rotatable bonds is 4. The average Bonchev–Trinajstić information content (AvgIpc) is 3.06. The fourth-order valence-electron chi connectivity index (χ4n) is 2.91. The summed E-state index contributed by atoms with van der Waals surface area (Å²) >= 11 is 0. The van der Waals surface area contributed by atoms with Crippen LogP contribution in [-0.2, 0) is 21.3 Å². The first-order valence-electron chi connectivity index (χ1n) is 8.59. The number of guanidine groups is 1. The summed E-state index contributed by atoms with van der Waals surface area (Å²) in [6, 6.07) is 0. The van der Waals surface area contributed by atoms with Gasteiger partial charge in [-0.05, 0) is 6.92 Å². The monoisotopic (exact) mass is 337 g/mol. The quantitative estimate of drug-likeness (QED) is 0.624. The summed E-state index contributed by atoms with van der Waals surface area (Å²) in [5.41, 5.74) is 1.10. The van der Waals surface area contributed by atoms with Gasteiger partial charge < -0.3 is 24.4 Å². The molecule has 2 fully saturated rings. The van der Waals surface area contributed by atoms with E-state index in [9.17, 15) is 0 Å². The Morgan fingerprint density at radius 3 is 3.00 bits per heavy atom. The largest absolute Gasteiger partial charge is 0.376 e. The summed E-state index contributed by atoms with van der Waals surface area (Å²) in [6.07, 6.45) is 3.93. The van der Waals surface area contributed by atoms with Crippen molar-refractivity contribution in [2.45, 2.75) is 19.1 Å². The van der Waals surface area contributed by atoms with Crippen molar-refractivity contribution in [3.8, 4) is 0 Å². The summed E-state index contributed by atoms with van der Waals surface area (Å²) in [6.45, 7) is 7.72. The second-order valence-electron chi connectivity index (χ2n) is 6.02. The molecule has 2 atom stereocenters. The number of aryl methyl sites for hydroxylation is 1. The van der Waals surface area contributed by atoms with E-state index in [1.54, 1.807) is 4.68 Å². The van der Waals surface area contributed by atoms with E-state index in [-0.39, 0.29) is 12.2 Å². The van der Waals surface area contributed by atoms with Crippen LogP contribution in [0, 0.1) is 0 Å². The van der Waals surface area contributed by atoms with Gasteiger partial charge in [-0.25, -0.2) is 0 Å². The zero-order valence-corrected chi connectivity index (χ0v) is 14.5. The van der Waals surface area contributed by atoms with Gasteiger partial charge >= 0.3 is 0 Å². The number of morpholine rings is 1. The number of ether oxygens (including phenoxy) is 3. The van der Waals surface area contributed by atoms with Gasteiger partial charge in [-0.1, -0.05) is 0 Å². The van der Waals surface area contributed by atoms with Gasteiger partial charge in [-0.2, -0.15) is 5.10 Å². The molecule has 3 heterocycles. The summed E-state index contributed by atoms with van der Waals surface area (Å²) in [5.74, 6) is 0.906. The summed E-state index contributed by atoms with van der Waals surface area (Å²) in [5, 5.41) is 7.61. The van der Waals surface area contributed by atoms with E-state index in [2.05, 4.69) is 22.2 Å². The van der Waals surface area contributed by atoms with Crippen molar-refractivity contribution in [1.29, 1.82) is 0 Å². The van der Waals surface area contributed by atoms with Crippen LogP contribution in [0.15, 0.2) is 17.4 Å². The number of nitrogens with zero attached hydrogens (tertiary/aromatic N) is 4. The predicted octanol–water partition coefficient (Wildman–Crippen LogP) is 0.174. The zero-order valence-electron chi connectivity index (χ0n) is 14.5. The van der Waals surface area contributed by atoms with Crippen LogP contribution in [0.5, 0.6) is 0 Å². The van der Waals surface area contributed by atoms with Crippen LogP contribution in [0.1, 0.15) is 18.6 Å². The van der Waals surface area contributed by atoms with Gasteiger partial charge in [0.05, 0.1) is 45.7 Å². The van der Waals surface area contributed by atoms with Gasteiger partial charge in [-0.15, -0.1) is 0 Å². The van der Waals surface area contributed by atoms with E-state index in [0.717, 1.165) is 31.2 Å². The van der Waals surface area contributed by atoms with E-state index in [1.807, 2.05) is 19.4 Å². The Morgan fingerprint density at radius 1 is 1.38 bits per heavy atom. The van der Waals surface area contributed by atoms with Crippen LogP contribution >= 0.6 is 0 Å². The fraction of sp³-hybridized carbons (Fsp3) is 0.750. The van der Waals surface area contributed by atoms with Gasteiger partial charge in [0.2, 0.25) is 0 Å². The minimum atomic E-state index is 0.0190. The number of hydrogen-bond acceptors (Lipinski definition) is 5. The molecule has 1 aromatic rings. The standard InChI is InChI=1S/C16H27N5O3/c1-3-17-16(18-9-14-12-22-6-7-23-14)21-4-5-24-15(11-21)13-8-19-20(2)10-13/h8,10,14-15H,3-7,9,11-12H2,1-2H3,(H,17,18). The predicted molar refractivity (Wildman–Crippen MR) is 90.0 cm³/mol. The van der Waals surface area contributed by atoms with Crippen molar-refractivity contribution in [3.05, 3.63) is 18.0 Å². The minimum absolute atomic E-state index is 0.0190. The van der Waals surface area contributed by atoms with E-state index >= 15 is 0 Å². The SMILES string of the molecule is CCNC(=NCC1COCCO1)N1CCOC(c2cnn(C)c2)C1. The Kier molecular flexibility index (Phi) is 6.06. The van der Waals surface area contributed by atoms with Gasteiger partial charge in [0.15, 0.2) is 5.96 Å². The molecule has 8 heteroatoms. The first kappa shape index (κ1) is 17.2. The highest BCUT2D eigenvalue weighted by Crippen LogP contribution is 2.21.